The van der Waals surface area contributed by atoms with Gasteiger partial charge in [0.2, 0.25) is 11.6 Å². The van der Waals surface area contributed by atoms with E-state index in [0.29, 0.717) is 24.3 Å². The van der Waals surface area contributed by atoms with E-state index in [-0.39, 0.29) is 30.6 Å². The van der Waals surface area contributed by atoms with Crippen LogP contribution in [0, 0.1) is 0 Å². The third-order valence-corrected chi connectivity index (χ3v) is 5.39. The minimum Gasteiger partial charge on any atom is -0.452 e. The summed E-state index contributed by atoms with van der Waals surface area (Å²) in [5.74, 6) is -1.78. The van der Waals surface area contributed by atoms with Crippen LogP contribution in [-0.2, 0) is 19.1 Å². The average molecular weight is 399 g/mol. The summed E-state index contributed by atoms with van der Waals surface area (Å²) in [4.78, 5) is 55.2. The Balaban J connectivity index is 1.87. The van der Waals surface area contributed by atoms with Crippen LogP contribution in [0.4, 0.5) is 5.69 Å². The molecule has 1 unspecified atom stereocenters. The predicted molar refractivity (Wildman–Crippen MR) is 106 cm³/mol. The summed E-state index contributed by atoms with van der Waals surface area (Å²) in [6.07, 6.45) is 0.213. The molecule has 0 saturated carbocycles. The predicted octanol–water partition coefficient (Wildman–Crippen LogP) is 1.56. The minimum atomic E-state index is -1.58. The molecule has 154 valence electrons. The van der Waals surface area contributed by atoms with Crippen LogP contribution < -0.4 is 4.90 Å². The molecule has 29 heavy (non-hydrogen) atoms. The van der Waals surface area contributed by atoms with Gasteiger partial charge in [-0.3, -0.25) is 19.3 Å². The van der Waals surface area contributed by atoms with Crippen LogP contribution in [0.2, 0.25) is 0 Å². The first kappa shape index (κ1) is 20.6. The van der Waals surface area contributed by atoms with Crippen LogP contribution in [0.15, 0.2) is 36.4 Å². The first-order chi connectivity index (χ1) is 13.7. The molecule has 0 spiro atoms. The number of benzene rings is 1. The second kappa shape index (κ2) is 7.69. The molecule has 0 radical (unpaired) electrons. The fourth-order valence-electron chi connectivity index (χ4n) is 3.93. The molecular formula is C21H25N3O5. The third-order valence-electron chi connectivity index (χ3n) is 5.39. The number of likely N-dealkylation sites (N-methyl/N-ethyl adjacent to an activating group) is 2. The van der Waals surface area contributed by atoms with Gasteiger partial charge in [0.25, 0.3) is 11.8 Å². The van der Waals surface area contributed by atoms with E-state index in [0.717, 1.165) is 5.57 Å². The van der Waals surface area contributed by atoms with Crippen molar-refractivity contribution in [2.75, 3.05) is 31.6 Å². The number of fused-ring (bicyclic) bond motifs is 3. The number of esters is 1. The maximum Gasteiger partial charge on any atom is 0.354 e. The number of amides is 3. The maximum absolute atomic E-state index is 13.2. The number of ether oxygens (including phenoxy) is 1. The number of carbonyl (C=O) groups excluding carboxylic acids is 4. The number of anilines is 1. The maximum atomic E-state index is 13.2. The lowest BCUT2D eigenvalue weighted by molar-refractivity contribution is -0.161. The molecule has 1 atom stereocenters. The molecule has 8 heteroatoms. The van der Waals surface area contributed by atoms with Crippen LogP contribution in [0.3, 0.4) is 0 Å². The number of hydrogen-bond acceptors (Lipinski definition) is 5. The van der Waals surface area contributed by atoms with Gasteiger partial charge in [0.05, 0.1) is 11.3 Å². The van der Waals surface area contributed by atoms with Crippen molar-refractivity contribution in [2.24, 2.45) is 0 Å². The highest BCUT2D eigenvalue weighted by molar-refractivity contribution is 6.15. The molecule has 1 saturated heterocycles. The molecule has 0 aromatic heterocycles. The van der Waals surface area contributed by atoms with Gasteiger partial charge >= 0.3 is 5.97 Å². The van der Waals surface area contributed by atoms with Crippen LogP contribution in [0.25, 0.3) is 0 Å². The second-order valence-corrected chi connectivity index (χ2v) is 7.37. The molecule has 8 nitrogen and oxygen atoms in total. The van der Waals surface area contributed by atoms with Crippen molar-refractivity contribution in [2.45, 2.75) is 32.4 Å². The Hall–Kier alpha value is -3.16. The van der Waals surface area contributed by atoms with E-state index in [1.165, 1.54) is 21.7 Å². The standard InChI is InChI=1S/C21H25N3O5/c1-5-23(12-14(2)3)18(26)13-29-20(28)21-11-10-17(25)24(21)16-9-7-6-8-15(16)19(27)22(21)4/h6-9H,2,5,10-13H2,1,3-4H3. The highest BCUT2D eigenvalue weighted by Gasteiger charge is 2.60. The van der Waals surface area contributed by atoms with Gasteiger partial charge in [-0.15, -0.1) is 0 Å². The summed E-state index contributed by atoms with van der Waals surface area (Å²) < 4.78 is 5.35. The zero-order valence-corrected chi connectivity index (χ0v) is 16.9. The Labute approximate surface area is 169 Å². The van der Waals surface area contributed by atoms with E-state index in [9.17, 15) is 19.2 Å². The first-order valence-corrected chi connectivity index (χ1v) is 9.53. The molecule has 1 aromatic carbocycles. The zero-order chi connectivity index (χ0) is 21.3. The van der Waals surface area contributed by atoms with Gasteiger partial charge in [-0.2, -0.15) is 0 Å². The van der Waals surface area contributed by atoms with Gasteiger partial charge in [0.15, 0.2) is 6.61 Å². The van der Waals surface area contributed by atoms with Crippen molar-refractivity contribution in [1.29, 1.82) is 0 Å². The van der Waals surface area contributed by atoms with Gasteiger partial charge in [-0.25, -0.2) is 4.79 Å². The van der Waals surface area contributed by atoms with Crippen molar-refractivity contribution < 1.29 is 23.9 Å². The average Bonchev–Trinajstić information content (AvgIpc) is 3.06. The van der Waals surface area contributed by atoms with Crippen molar-refractivity contribution in [3.05, 3.63) is 42.0 Å². The molecule has 0 aliphatic carbocycles. The van der Waals surface area contributed by atoms with Crippen LogP contribution >= 0.6 is 0 Å². The lowest BCUT2D eigenvalue weighted by Gasteiger charge is -2.46. The van der Waals surface area contributed by atoms with Gasteiger partial charge in [-0.1, -0.05) is 24.3 Å². The van der Waals surface area contributed by atoms with Gasteiger partial charge in [0, 0.05) is 33.0 Å². The summed E-state index contributed by atoms with van der Waals surface area (Å²) in [6.45, 7) is 7.78. The van der Waals surface area contributed by atoms with Crippen molar-refractivity contribution in [3.8, 4) is 0 Å². The fraction of sp³-hybridized carbons (Fsp3) is 0.429. The Bertz CT molecular complexity index is 896. The third kappa shape index (κ3) is 3.28. The molecule has 0 bridgehead atoms. The lowest BCUT2D eigenvalue weighted by atomic mass is 9.97. The minimum absolute atomic E-state index is 0.103. The number of para-hydroxylation sites is 1. The normalized spacial score (nSPS) is 20.2. The topological polar surface area (TPSA) is 87.2 Å². The summed E-state index contributed by atoms with van der Waals surface area (Å²) >= 11 is 0. The van der Waals surface area contributed by atoms with E-state index >= 15 is 0 Å². The number of carbonyl (C=O) groups is 4. The molecule has 2 aliphatic rings. The van der Waals surface area contributed by atoms with E-state index < -0.39 is 18.2 Å². The first-order valence-electron chi connectivity index (χ1n) is 9.53. The summed E-state index contributed by atoms with van der Waals surface area (Å²) in [5.41, 5.74) is -0.0251. The largest absolute Gasteiger partial charge is 0.452 e. The molecule has 3 rings (SSSR count). The quantitative estimate of drug-likeness (QED) is 0.535. The lowest BCUT2D eigenvalue weighted by Crippen LogP contribution is -2.67. The summed E-state index contributed by atoms with van der Waals surface area (Å²) in [7, 11) is 1.48. The number of nitrogens with zero attached hydrogens (tertiary/aromatic N) is 3. The molecule has 2 aliphatic heterocycles. The Kier molecular flexibility index (Phi) is 5.46. The smallest absolute Gasteiger partial charge is 0.354 e. The molecule has 0 N–H and O–H groups in total. The molecule has 3 amide bonds. The van der Waals surface area contributed by atoms with Gasteiger partial charge in [-0.05, 0) is 26.0 Å². The van der Waals surface area contributed by atoms with Crippen molar-refractivity contribution >= 4 is 29.4 Å². The van der Waals surface area contributed by atoms with Gasteiger partial charge < -0.3 is 14.5 Å². The van der Waals surface area contributed by atoms with E-state index in [1.807, 2.05) is 13.8 Å². The van der Waals surface area contributed by atoms with E-state index in [2.05, 4.69) is 6.58 Å². The summed E-state index contributed by atoms with van der Waals surface area (Å²) in [5, 5.41) is 0. The zero-order valence-electron chi connectivity index (χ0n) is 16.9. The highest BCUT2D eigenvalue weighted by Crippen LogP contribution is 2.44. The van der Waals surface area contributed by atoms with E-state index in [4.69, 9.17) is 4.74 Å². The second-order valence-electron chi connectivity index (χ2n) is 7.37. The number of hydrogen-bond donors (Lipinski definition) is 0. The van der Waals surface area contributed by atoms with E-state index in [1.54, 1.807) is 24.3 Å². The summed E-state index contributed by atoms with van der Waals surface area (Å²) in [6, 6.07) is 6.67. The van der Waals surface area contributed by atoms with Gasteiger partial charge in [0.1, 0.15) is 0 Å². The number of rotatable bonds is 6. The Morgan fingerprint density at radius 2 is 1.97 bits per heavy atom. The molecule has 1 fully saturated rings. The Morgan fingerprint density at radius 1 is 1.28 bits per heavy atom. The Morgan fingerprint density at radius 3 is 2.62 bits per heavy atom. The van der Waals surface area contributed by atoms with Crippen LogP contribution in [0.1, 0.15) is 37.0 Å². The fourth-order valence-corrected chi connectivity index (χ4v) is 3.93. The van der Waals surface area contributed by atoms with Crippen molar-refractivity contribution in [1.82, 2.24) is 9.80 Å². The van der Waals surface area contributed by atoms with Crippen LogP contribution in [0.5, 0.6) is 0 Å². The molecule has 2 heterocycles. The SMILES string of the molecule is C=C(C)CN(CC)C(=O)COC(=O)C12CCC(=O)N1c1ccccc1C(=O)N2C. The highest BCUT2D eigenvalue weighted by atomic mass is 16.5. The van der Waals surface area contributed by atoms with Crippen molar-refractivity contribution in [3.63, 3.8) is 0 Å². The molecular weight excluding hydrogens is 374 g/mol. The van der Waals surface area contributed by atoms with Crippen LogP contribution in [-0.4, -0.2) is 65.9 Å². The monoisotopic (exact) mass is 399 g/mol. The molecule has 1 aromatic rings.